The van der Waals surface area contributed by atoms with Crippen LogP contribution in [0.5, 0.6) is 0 Å². The van der Waals surface area contributed by atoms with Crippen LogP contribution in [0.3, 0.4) is 0 Å². The van der Waals surface area contributed by atoms with Crippen LogP contribution in [0.25, 0.3) is 21.5 Å². The van der Waals surface area contributed by atoms with Gasteiger partial charge in [-0.25, -0.2) is 9.85 Å². The summed E-state index contributed by atoms with van der Waals surface area (Å²) in [6.45, 7) is 17.0. The van der Waals surface area contributed by atoms with Crippen molar-refractivity contribution < 1.29 is 26.2 Å². The number of aryl methyl sites for hydroxylation is 6. The molecule has 4 aromatic rings. The van der Waals surface area contributed by atoms with Crippen LogP contribution in [-0.2, 0) is 26.2 Å². The molecule has 0 fully saturated rings. The van der Waals surface area contributed by atoms with E-state index in [0.717, 1.165) is 0 Å². The first-order valence-corrected chi connectivity index (χ1v) is 11.0. The summed E-state index contributed by atoms with van der Waals surface area (Å²) in [5, 5.41) is 5.64. The quantitative estimate of drug-likeness (QED) is 0.181. The van der Waals surface area contributed by atoms with E-state index in [1.165, 1.54) is 64.8 Å². The first kappa shape index (κ1) is 28.6. The summed E-state index contributed by atoms with van der Waals surface area (Å²) in [6, 6.07) is 17.8. The van der Waals surface area contributed by atoms with Gasteiger partial charge in [-0.1, -0.05) is 51.0 Å². The molecule has 4 rings (SSSR count). The molecule has 0 N–H and O–H groups in total. The fourth-order valence-corrected chi connectivity index (χ4v) is 3.47. The zero-order chi connectivity index (χ0) is 22.1. The molecule has 0 aliphatic carbocycles. The third kappa shape index (κ3) is 7.40. The van der Waals surface area contributed by atoms with Gasteiger partial charge in [0.2, 0.25) is 0 Å². The van der Waals surface area contributed by atoms with Gasteiger partial charge in [-0.15, -0.1) is 68.1 Å². The third-order valence-corrected chi connectivity index (χ3v) is 4.93. The van der Waals surface area contributed by atoms with E-state index in [2.05, 4.69) is 96.2 Å². The van der Waals surface area contributed by atoms with Crippen LogP contribution in [0.4, 0.5) is 0 Å². The van der Waals surface area contributed by atoms with Crippen LogP contribution in [0.2, 0.25) is 0 Å². The van der Waals surface area contributed by atoms with E-state index in [4.69, 9.17) is 0 Å². The predicted molar refractivity (Wildman–Crippen MR) is 138 cm³/mol. The van der Waals surface area contributed by atoms with Gasteiger partial charge in [0.25, 0.3) is 0 Å². The Labute approximate surface area is 206 Å². The summed E-state index contributed by atoms with van der Waals surface area (Å²) >= 11 is 0. The van der Waals surface area contributed by atoms with Crippen molar-refractivity contribution in [2.75, 3.05) is 0 Å². The number of hydrogen-bond acceptors (Lipinski definition) is 0. The van der Waals surface area contributed by atoms with Crippen molar-refractivity contribution in [3.05, 3.63) is 88.3 Å². The zero-order valence-electron chi connectivity index (χ0n) is 20.0. The van der Waals surface area contributed by atoms with Crippen molar-refractivity contribution >= 4 is 37.6 Å². The predicted octanol–water partition coefficient (Wildman–Crippen LogP) is 7.12. The maximum atomic E-state index is 4.53. The summed E-state index contributed by atoms with van der Waals surface area (Å²) in [5.41, 5.74) is 8.24. The topological polar surface area (TPSA) is 0 Å². The van der Waals surface area contributed by atoms with Gasteiger partial charge >= 0.3 is 26.2 Å². The van der Waals surface area contributed by atoms with E-state index >= 15 is 0 Å². The molecule has 4 aromatic carbocycles. The molecule has 156 valence electrons. The monoisotopic (exact) mass is 490 g/mol. The van der Waals surface area contributed by atoms with Gasteiger partial charge in [-0.05, 0) is 13.8 Å². The van der Waals surface area contributed by atoms with Gasteiger partial charge in [0, 0.05) is 0 Å². The van der Waals surface area contributed by atoms with Crippen molar-refractivity contribution in [2.24, 2.45) is 0 Å². The molecule has 0 atom stereocenters. The largest absolute Gasteiger partial charge is 4.00 e. The first-order chi connectivity index (χ1) is 13.8. The Kier molecular flexibility index (Phi) is 13.2. The average Bonchev–Trinajstić information content (AvgIpc) is 3.29. The Morgan fingerprint density at radius 3 is 1.17 bits per heavy atom. The molecule has 0 aromatic heterocycles. The molecule has 0 nitrogen and oxygen atoms in total. The smallest absolute Gasteiger partial charge is 0.533 e. The standard InChI is InChI=1S/2C12H13.C3H7.CH3Si.Zr/c2*1-8-6-11-9(2)4-5-10(3)12(11)7-8;1-3-2;1-2;/h2*4-7H,1-3H3;3H,1-2H3;1H,2H2;/q4*-1;+4. The average molecular weight is 492 g/mol. The normalized spacial score (nSPS) is 9.47. The van der Waals surface area contributed by atoms with Crippen LogP contribution in [0.1, 0.15) is 47.2 Å². The SMILES string of the molecule is C[CH-]C.Cc1cc2c(C)ccc(C)c2[cH-]1.Cc1cc2c(C)ccc(C)c2[cH-]1.[CH-]=[SiH2].[Zr+4]. The molecule has 0 saturated carbocycles. The van der Waals surface area contributed by atoms with E-state index in [-0.39, 0.29) is 26.2 Å². The number of hydrogen-bond donors (Lipinski definition) is 0. The van der Waals surface area contributed by atoms with Crippen molar-refractivity contribution in [3.8, 4) is 0 Å². The molecular weight excluding hydrogens is 456 g/mol. The van der Waals surface area contributed by atoms with E-state index < -0.39 is 0 Å². The fourth-order valence-electron chi connectivity index (χ4n) is 3.47. The van der Waals surface area contributed by atoms with Crippen LogP contribution < -0.4 is 0 Å². The maximum Gasteiger partial charge on any atom is 4.00 e. The van der Waals surface area contributed by atoms with Crippen molar-refractivity contribution in [1.82, 2.24) is 0 Å². The second-order valence-electron chi connectivity index (χ2n) is 7.70. The Bertz CT molecular complexity index is 888. The van der Waals surface area contributed by atoms with Gasteiger partial charge in [0.1, 0.15) is 0 Å². The van der Waals surface area contributed by atoms with E-state index in [1.54, 1.807) is 0 Å². The molecule has 0 aliphatic rings. The van der Waals surface area contributed by atoms with Crippen LogP contribution in [0, 0.1) is 48.0 Å². The molecule has 2 heteroatoms. The molecule has 0 aliphatic heterocycles. The Morgan fingerprint density at radius 1 is 0.633 bits per heavy atom. The third-order valence-electron chi connectivity index (χ3n) is 4.93. The second kappa shape index (κ2) is 13.8. The minimum Gasteiger partial charge on any atom is -0.533 e. The summed E-state index contributed by atoms with van der Waals surface area (Å²) in [6.07, 6.45) is 6.53. The van der Waals surface area contributed by atoms with E-state index in [1.807, 2.05) is 20.3 Å². The first-order valence-electron chi connectivity index (χ1n) is 10.2. The molecule has 30 heavy (non-hydrogen) atoms. The maximum absolute atomic E-state index is 4.53. The van der Waals surface area contributed by atoms with Crippen LogP contribution >= 0.6 is 0 Å². The van der Waals surface area contributed by atoms with Gasteiger partial charge in [0.15, 0.2) is 0 Å². The molecule has 0 unspecified atom stereocenters. The molecule has 0 amide bonds. The molecule has 0 radical (unpaired) electrons. The molecule has 0 heterocycles. The van der Waals surface area contributed by atoms with Gasteiger partial charge in [-0.3, -0.25) is 0 Å². The van der Waals surface area contributed by atoms with Crippen molar-refractivity contribution in [3.63, 3.8) is 0 Å². The number of fused-ring (bicyclic) bond motifs is 2. The second-order valence-corrected chi connectivity index (χ2v) is 7.70. The van der Waals surface area contributed by atoms with E-state index in [9.17, 15) is 0 Å². The summed E-state index contributed by atoms with van der Waals surface area (Å²) in [4.78, 5) is 0. The Balaban J connectivity index is 0.000000451. The minimum absolute atomic E-state index is 0. The summed E-state index contributed by atoms with van der Waals surface area (Å²) in [7, 11) is 1.36. The number of rotatable bonds is 0. The van der Waals surface area contributed by atoms with Gasteiger partial charge in [-0.2, -0.15) is 26.0 Å². The Hall–Kier alpha value is -1.37. The molecule has 0 bridgehead atoms. The minimum atomic E-state index is 0. The summed E-state index contributed by atoms with van der Waals surface area (Å²) < 4.78 is 0. The van der Waals surface area contributed by atoms with Crippen molar-refractivity contribution in [2.45, 2.75) is 55.4 Å². The van der Waals surface area contributed by atoms with Crippen molar-refractivity contribution in [1.29, 1.82) is 0 Å². The Morgan fingerprint density at radius 2 is 0.900 bits per heavy atom. The molecule has 0 saturated heterocycles. The van der Waals surface area contributed by atoms with Gasteiger partial charge < -0.3 is 12.6 Å². The number of benzene rings is 2. The fraction of sp³-hybridized carbons (Fsp3) is 0.286. The summed E-state index contributed by atoms with van der Waals surface area (Å²) in [5.74, 6) is 0. The van der Waals surface area contributed by atoms with Crippen LogP contribution in [0.15, 0.2) is 48.5 Å². The van der Waals surface area contributed by atoms with E-state index in [0.29, 0.717) is 0 Å². The molecule has 0 spiro atoms. The zero-order valence-corrected chi connectivity index (χ0v) is 23.9. The van der Waals surface area contributed by atoms with Crippen LogP contribution in [-0.4, -0.2) is 16.0 Å². The molecular formula is C28H36SiZr. The van der Waals surface area contributed by atoms with Gasteiger partial charge in [0.05, 0.1) is 0 Å².